The number of nitrogens with zero attached hydrogens (tertiary/aromatic N) is 1. The fourth-order valence-electron chi connectivity index (χ4n) is 3.69. The van der Waals surface area contributed by atoms with E-state index in [1.54, 1.807) is 26.4 Å². The Hall–Kier alpha value is -2.03. The minimum Gasteiger partial charge on any atom is -0.493 e. The second-order valence-corrected chi connectivity index (χ2v) is 7.14. The average molecular weight is 394 g/mol. The van der Waals surface area contributed by atoms with Crippen LogP contribution in [0.15, 0.2) is 12.1 Å². The maximum atomic E-state index is 12.7. The molecule has 2 atom stereocenters. The normalized spacial score (nSPS) is 22.0. The number of benzene rings is 1. The minimum atomic E-state index is -0.457. The van der Waals surface area contributed by atoms with Gasteiger partial charge in [-0.15, -0.1) is 0 Å². The molecule has 0 aliphatic carbocycles. The molecule has 0 radical (unpaired) electrons. The Morgan fingerprint density at radius 1 is 1.29 bits per heavy atom. The molecule has 0 unspecified atom stereocenters. The monoisotopic (exact) mass is 394 g/mol. The van der Waals surface area contributed by atoms with Gasteiger partial charge in [0.1, 0.15) is 13.2 Å². The van der Waals surface area contributed by atoms with E-state index in [1.807, 2.05) is 0 Å². The standard InChI is InChI=1S/C20H30N2O6/c1-25-9-3-7-22-8-6-14(16(23)13-22)12-21-20(24)15-4-5-17(26-2)19-18(15)27-10-11-28-19/h4-5,14,16,23H,3,6-13H2,1-2H3,(H,21,24)/t14-,16+/m0/s1. The molecule has 1 fully saturated rings. The average Bonchev–Trinajstić information content (AvgIpc) is 2.72. The Bertz CT molecular complexity index is 668. The lowest BCUT2D eigenvalue weighted by atomic mass is 9.93. The Morgan fingerprint density at radius 2 is 2.07 bits per heavy atom. The van der Waals surface area contributed by atoms with Crippen LogP contribution in [0.1, 0.15) is 23.2 Å². The number of carbonyl (C=O) groups is 1. The van der Waals surface area contributed by atoms with Crippen molar-refractivity contribution in [1.82, 2.24) is 10.2 Å². The lowest BCUT2D eigenvalue weighted by Gasteiger charge is -2.36. The molecule has 2 aliphatic heterocycles. The molecule has 1 aromatic carbocycles. The third-order valence-electron chi connectivity index (χ3n) is 5.27. The van der Waals surface area contributed by atoms with E-state index in [0.717, 1.165) is 32.5 Å². The highest BCUT2D eigenvalue weighted by Crippen LogP contribution is 2.41. The van der Waals surface area contributed by atoms with Crippen molar-refractivity contribution in [3.63, 3.8) is 0 Å². The molecule has 1 aromatic rings. The first-order valence-corrected chi connectivity index (χ1v) is 9.78. The van der Waals surface area contributed by atoms with Crippen LogP contribution in [-0.2, 0) is 4.74 Å². The van der Waals surface area contributed by atoms with Crippen molar-refractivity contribution < 1.29 is 28.8 Å². The molecule has 2 aliphatic rings. The number of likely N-dealkylation sites (tertiary alicyclic amines) is 1. The molecule has 0 spiro atoms. The van der Waals surface area contributed by atoms with Crippen molar-refractivity contribution in [2.75, 3.05) is 60.2 Å². The summed E-state index contributed by atoms with van der Waals surface area (Å²) in [6.07, 6.45) is 1.34. The van der Waals surface area contributed by atoms with Gasteiger partial charge in [0.2, 0.25) is 5.75 Å². The molecule has 1 amide bonds. The second-order valence-electron chi connectivity index (χ2n) is 7.14. The number of β-amino-alcohol motifs (C(OH)–C–C–N with tert-alkyl or cyclic N) is 1. The summed E-state index contributed by atoms with van der Waals surface area (Å²) in [6, 6.07) is 3.38. The van der Waals surface area contributed by atoms with Crippen LogP contribution in [0.4, 0.5) is 0 Å². The van der Waals surface area contributed by atoms with Gasteiger partial charge in [-0.1, -0.05) is 0 Å². The fraction of sp³-hybridized carbons (Fsp3) is 0.650. The van der Waals surface area contributed by atoms with Crippen molar-refractivity contribution in [2.24, 2.45) is 5.92 Å². The molecule has 2 heterocycles. The number of carbonyl (C=O) groups excluding carboxylic acids is 1. The number of hydrogen-bond acceptors (Lipinski definition) is 7. The van der Waals surface area contributed by atoms with Gasteiger partial charge in [-0.05, 0) is 31.5 Å². The summed E-state index contributed by atoms with van der Waals surface area (Å²) in [6.45, 7) is 4.41. The first kappa shape index (κ1) is 20.7. The molecule has 0 saturated carbocycles. The van der Waals surface area contributed by atoms with Gasteiger partial charge < -0.3 is 34.3 Å². The smallest absolute Gasteiger partial charge is 0.255 e. The van der Waals surface area contributed by atoms with E-state index in [-0.39, 0.29) is 11.8 Å². The quantitative estimate of drug-likeness (QED) is 0.634. The first-order chi connectivity index (χ1) is 13.6. The van der Waals surface area contributed by atoms with Gasteiger partial charge in [-0.2, -0.15) is 0 Å². The van der Waals surface area contributed by atoms with Crippen molar-refractivity contribution >= 4 is 5.91 Å². The number of hydrogen-bond donors (Lipinski definition) is 2. The Kier molecular flexibility index (Phi) is 7.36. The zero-order chi connectivity index (χ0) is 19.9. The molecule has 8 nitrogen and oxygen atoms in total. The number of aliphatic hydroxyl groups is 1. The van der Waals surface area contributed by atoms with Gasteiger partial charge in [0.05, 0.1) is 18.8 Å². The number of piperidine rings is 1. The van der Waals surface area contributed by atoms with Crippen LogP contribution in [0.3, 0.4) is 0 Å². The molecule has 2 N–H and O–H groups in total. The number of ether oxygens (including phenoxy) is 4. The lowest BCUT2D eigenvalue weighted by Crippen LogP contribution is -2.48. The van der Waals surface area contributed by atoms with E-state index in [0.29, 0.717) is 49.1 Å². The SMILES string of the molecule is COCCCN1CC[C@@H](CNC(=O)c2ccc(OC)c3c2OCCO3)[C@H](O)C1. The fourth-order valence-corrected chi connectivity index (χ4v) is 3.69. The third kappa shape index (κ3) is 4.87. The van der Waals surface area contributed by atoms with Gasteiger partial charge in [-0.25, -0.2) is 0 Å². The van der Waals surface area contributed by atoms with E-state index in [1.165, 1.54) is 0 Å². The summed E-state index contributed by atoms with van der Waals surface area (Å²) < 4.78 is 21.6. The summed E-state index contributed by atoms with van der Waals surface area (Å²) in [4.78, 5) is 15.0. The van der Waals surface area contributed by atoms with Gasteiger partial charge in [0.15, 0.2) is 11.5 Å². The highest BCUT2D eigenvalue weighted by atomic mass is 16.6. The summed E-state index contributed by atoms with van der Waals surface area (Å²) >= 11 is 0. The molecule has 0 bridgehead atoms. The predicted molar refractivity (Wildman–Crippen MR) is 103 cm³/mol. The van der Waals surface area contributed by atoms with Gasteiger partial charge in [-0.3, -0.25) is 4.79 Å². The summed E-state index contributed by atoms with van der Waals surface area (Å²) in [5, 5.41) is 13.4. The van der Waals surface area contributed by atoms with E-state index >= 15 is 0 Å². The van der Waals surface area contributed by atoms with E-state index in [4.69, 9.17) is 18.9 Å². The molecule has 28 heavy (non-hydrogen) atoms. The van der Waals surface area contributed by atoms with Crippen LogP contribution in [0.25, 0.3) is 0 Å². The zero-order valence-corrected chi connectivity index (χ0v) is 16.6. The number of amides is 1. The van der Waals surface area contributed by atoms with Gasteiger partial charge >= 0.3 is 0 Å². The van der Waals surface area contributed by atoms with E-state index < -0.39 is 6.10 Å². The van der Waals surface area contributed by atoms with Crippen LogP contribution in [0.2, 0.25) is 0 Å². The number of fused-ring (bicyclic) bond motifs is 1. The van der Waals surface area contributed by atoms with Crippen molar-refractivity contribution in [1.29, 1.82) is 0 Å². The van der Waals surface area contributed by atoms with Crippen molar-refractivity contribution in [3.05, 3.63) is 17.7 Å². The van der Waals surface area contributed by atoms with Crippen molar-refractivity contribution in [3.8, 4) is 17.2 Å². The predicted octanol–water partition coefficient (Wildman–Crippen LogP) is 0.915. The van der Waals surface area contributed by atoms with Gasteiger partial charge in [0.25, 0.3) is 5.91 Å². The van der Waals surface area contributed by atoms with Gasteiger partial charge in [0, 0.05) is 39.3 Å². The minimum absolute atomic E-state index is 0.0360. The van der Waals surface area contributed by atoms with E-state index in [2.05, 4.69) is 10.2 Å². The molecule has 156 valence electrons. The molecule has 8 heteroatoms. The van der Waals surface area contributed by atoms with Crippen LogP contribution < -0.4 is 19.5 Å². The Balaban J connectivity index is 1.55. The van der Waals surface area contributed by atoms with Crippen LogP contribution >= 0.6 is 0 Å². The Morgan fingerprint density at radius 3 is 2.79 bits per heavy atom. The van der Waals surface area contributed by atoms with Crippen LogP contribution in [0, 0.1) is 5.92 Å². The third-order valence-corrected chi connectivity index (χ3v) is 5.27. The molecule has 3 rings (SSSR count). The summed E-state index contributed by atoms with van der Waals surface area (Å²) in [5.74, 6) is 1.22. The highest BCUT2D eigenvalue weighted by Gasteiger charge is 2.29. The second kappa shape index (κ2) is 9.95. The molecule has 1 saturated heterocycles. The highest BCUT2D eigenvalue weighted by molar-refractivity contribution is 5.98. The topological polar surface area (TPSA) is 89.5 Å². The number of methoxy groups -OCH3 is 2. The van der Waals surface area contributed by atoms with Crippen LogP contribution in [-0.4, -0.2) is 82.2 Å². The number of rotatable bonds is 8. The number of aliphatic hydroxyl groups excluding tert-OH is 1. The zero-order valence-electron chi connectivity index (χ0n) is 16.6. The van der Waals surface area contributed by atoms with Crippen molar-refractivity contribution in [2.45, 2.75) is 18.9 Å². The lowest BCUT2D eigenvalue weighted by molar-refractivity contribution is 0.0192. The number of nitrogens with one attached hydrogen (secondary N) is 1. The Labute approximate surface area is 165 Å². The maximum Gasteiger partial charge on any atom is 0.255 e. The van der Waals surface area contributed by atoms with E-state index in [9.17, 15) is 9.90 Å². The summed E-state index contributed by atoms with van der Waals surface area (Å²) in [7, 11) is 3.25. The van der Waals surface area contributed by atoms with Crippen LogP contribution in [0.5, 0.6) is 17.2 Å². The molecular weight excluding hydrogens is 364 g/mol. The molecular formula is C20H30N2O6. The summed E-state index contributed by atoms with van der Waals surface area (Å²) in [5.41, 5.74) is 0.419. The first-order valence-electron chi connectivity index (χ1n) is 9.78. The maximum absolute atomic E-state index is 12.7. The largest absolute Gasteiger partial charge is 0.493 e. The molecule has 0 aromatic heterocycles.